The highest BCUT2D eigenvalue weighted by Gasteiger charge is 2.15. The van der Waals surface area contributed by atoms with Gasteiger partial charge in [-0.3, -0.25) is 9.69 Å². The third-order valence-corrected chi connectivity index (χ3v) is 4.92. The number of anilines is 2. The predicted octanol–water partition coefficient (Wildman–Crippen LogP) is 2.51. The van der Waals surface area contributed by atoms with E-state index in [9.17, 15) is 4.79 Å². The minimum atomic E-state index is -0.225. The number of aromatic nitrogens is 1. The highest BCUT2D eigenvalue weighted by atomic mass is 16.5. The molecule has 5 N–H and O–H groups in total. The van der Waals surface area contributed by atoms with E-state index in [-0.39, 0.29) is 24.7 Å². The quantitative estimate of drug-likeness (QED) is 0.404. The Labute approximate surface area is 187 Å². The van der Waals surface area contributed by atoms with Gasteiger partial charge in [-0.05, 0) is 31.3 Å². The Kier molecular flexibility index (Phi) is 8.26. The van der Waals surface area contributed by atoms with E-state index in [2.05, 4.69) is 44.0 Å². The maximum Gasteiger partial charge on any atom is 0.226 e. The van der Waals surface area contributed by atoms with Crippen LogP contribution < -0.4 is 21.5 Å². The number of ether oxygens (including phenoxy) is 1. The minimum absolute atomic E-state index is 0.150. The summed E-state index contributed by atoms with van der Waals surface area (Å²) in [7, 11) is 2.12. The van der Waals surface area contributed by atoms with Crippen molar-refractivity contribution in [3.05, 3.63) is 48.7 Å². The molecule has 1 aliphatic rings. The zero-order valence-corrected chi connectivity index (χ0v) is 18.3. The van der Waals surface area contributed by atoms with Gasteiger partial charge >= 0.3 is 0 Å². The fourth-order valence-corrected chi connectivity index (χ4v) is 3.14. The largest absolute Gasteiger partial charge is 0.459 e. The molecule has 0 bridgehead atoms. The van der Waals surface area contributed by atoms with E-state index >= 15 is 0 Å². The average molecular weight is 439 g/mol. The molecule has 1 amide bonds. The number of nitrogen functional groups attached to an aromatic ring is 1. The van der Waals surface area contributed by atoms with Crippen LogP contribution in [0.15, 0.2) is 59.0 Å². The van der Waals surface area contributed by atoms with Crippen LogP contribution in [0.1, 0.15) is 6.42 Å². The third-order valence-electron chi connectivity index (χ3n) is 4.92. The monoisotopic (exact) mass is 438 g/mol. The third kappa shape index (κ3) is 6.84. The molecule has 3 rings (SSSR count). The van der Waals surface area contributed by atoms with Crippen LogP contribution in [0.3, 0.4) is 0 Å². The van der Waals surface area contributed by atoms with E-state index < -0.39 is 0 Å². The van der Waals surface area contributed by atoms with Gasteiger partial charge in [-0.25, -0.2) is 4.98 Å². The lowest BCUT2D eigenvalue weighted by Crippen LogP contribution is -2.45. The number of nitrogens with one attached hydrogen (secondary N) is 1. The Morgan fingerprint density at radius 3 is 2.59 bits per heavy atom. The highest BCUT2D eigenvalue weighted by Crippen LogP contribution is 2.31. The Bertz CT molecular complexity index is 970. The number of hydrogen-bond donors (Lipinski definition) is 3. The number of piperazine rings is 1. The maximum atomic E-state index is 11.6. The second-order valence-electron chi connectivity index (χ2n) is 7.58. The Morgan fingerprint density at radius 2 is 1.88 bits per heavy atom. The van der Waals surface area contributed by atoms with Crippen molar-refractivity contribution < 1.29 is 9.53 Å². The average Bonchev–Trinajstić information content (AvgIpc) is 2.76. The molecule has 0 unspecified atom stereocenters. The summed E-state index contributed by atoms with van der Waals surface area (Å²) in [5, 5.41) is 11.1. The van der Waals surface area contributed by atoms with Gasteiger partial charge in [-0.2, -0.15) is 0 Å². The number of azo groups is 1. The molecule has 170 valence electrons. The number of nitrogens with zero attached hydrogens (tertiary/aromatic N) is 5. The first-order chi connectivity index (χ1) is 15.4. The summed E-state index contributed by atoms with van der Waals surface area (Å²) in [4.78, 5) is 20.4. The topological polar surface area (TPSA) is 134 Å². The molecule has 2 aromatic rings. The number of benzene rings is 1. The Morgan fingerprint density at radius 1 is 1.16 bits per heavy atom. The number of pyridine rings is 1. The lowest BCUT2D eigenvalue weighted by Gasteiger charge is -2.32. The molecule has 10 heteroatoms. The van der Waals surface area contributed by atoms with E-state index in [0.29, 0.717) is 35.2 Å². The molecular weight excluding hydrogens is 408 g/mol. The van der Waals surface area contributed by atoms with Gasteiger partial charge < -0.3 is 26.4 Å². The minimum Gasteiger partial charge on any atom is -0.459 e. The van der Waals surface area contributed by atoms with E-state index in [0.717, 1.165) is 26.2 Å². The summed E-state index contributed by atoms with van der Waals surface area (Å²) < 4.78 is 5.97. The fourth-order valence-electron chi connectivity index (χ4n) is 3.14. The van der Waals surface area contributed by atoms with Crippen LogP contribution in [0.2, 0.25) is 0 Å². The zero-order chi connectivity index (χ0) is 22.9. The molecule has 1 aliphatic heterocycles. The smallest absolute Gasteiger partial charge is 0.226 e. The van der Waals surface area contributed by atoms with E-state index in [1.165, 1.54) is 0 Å². The molecule has 0 aliphatic carbocycles. The lowest BCUT2D eigenvalue weighted by atomic mass is 10.3. The van der Waals surface area contributed by atoms with Gasteiger partial charge in [-0.1, -0.05) is 18.7 Å². The second kappa shape index (κ2) is 11.3. The molecule has 32 heavy (non-hydrogen) atoms. The predicted molar refractivity (Wildman–Crippen MR) is 125 cm³/mol. The summed E-state index contributed by atoms with van der Waals surface area (Å²) in [5.74, 6) is 1.47. The van der Waals surface area contributed by atoms with E-state index in [4.69, 9.17) is 16.2 Å². The summed E-state index contributed by atoms with van der Waals surface area (Å²) in [6.45, 7) is 9.01. The summed E-state index contributed by atoms with van der Waals surface area (Å²) >= 11 is 0. The number of para-hydroxylation sites is 1. The molecule has 0 saturated carbocycles. The Hall–Kier alpha value is -3.34. The summed E-state index contributed by atoms with van der Waals surface area (Å²) in [5.41, 5.74) is 12.3. The van der Waals surface area contributed by atoms with Crippen molar-refractivity contribution in [3.8, 4) is 5.75 Å². The molecule has 2 heterocycles. The van der Waals surface area contributed by atoms with Gasteiger partial charge in [0.15, 0.2) is 11.6 Å². The van der Waals surface area contributed by atoms with Gasteiger partial charge in [0.25, 0.3) is 0 Å². The molecule has 1 aromatic carbocycles. The van der Waals surface area contributed by atoms with Gasteiger partial charge in [-0.15, -0.1) is 10.2 Å². The van der Waals surface area contributed by atoms with E-state index in [1.807, 2.05) is 18.2 Å². The van der Waals surface area contributed by atoms with Crippen LogP contribution >= 0.6 is 0 Å². The summed E-state index contributed by atoms with van der Waals surface area (Å²) in [6, 6.07) is 10.6. The normalized spacial score (nSPS) is 15.1. The molecule has 1 saturated heterocycles. The number of hydrogen-bond acceptors (Lipinski definition) is 9. The van der Waals surface area contributed by atoms with Crippen molar-refractivity contribution in [2.45, 2.75) is 6.42 Å². The van der Waals surface area contributed by atoms with Crippen LogP contribution in [-0.4, -0.2) is 67.0 Å². The fraction of sp³-hybridized carbons (Fsp3) is 0.364. The number of nitrogens with two attached hydrogens (primary N) is 2. The molecule has 1 fully saturated rings. The maximum absolute atomic E-state index is 11.6. The highest BCUT2D eigenvalue weighted by molar-refractivity contribution is 5.90. The summed E-state index contributed by atoms with van der Waals surface area (Å²) in [6.07, 6.45) is 0.208. The van der Waals surface area contributed by atoms with Crippen LogP contribution in [0, 0.1) is 0 Å². The van der Waals surface area contributed by atoms with Crippen molar-refractivity contribution in [2.24, 2.45) is 16.0 Å². The SMILES string of the molecule is C=C(CN1CCN(C)CC1)Oc1ccccc1N=Nc1ccc(NC(=O)CCN)nc1N. The first-order valence-corrected chi connectivity index (χ1v) is 10.5. The zero-order valence-electron chi connectivity index (χ0n) is 18.3. The van der Waals surface area contributed by atoms with E-state index in [1.54, 1.807) is 18.2 Å². The van der Waals surface area contributed by atoms with Crippen LogP contribution in [0.25, 0.3) is 0 Å². The first kappa shape index (κ1) is 23.3. The van der Waals surface area contributed by atoms with Gasteiger partial charge in [0, 0.05) is 39.1 Å². The number of likely N-dealkylation sites (N-methyl/N-ethyl adjacent to an activating group) is 1. The van der Waals surface area contributed by atoms with Crippen LogP contribution in [-0.2, 0) is 4.79 Å². The molecular formula is C22H30N8O2. The Balaban J connectivity index is 1.64. The molecule has 0 atom stereocenters. The standard InChI is InChI=1S/C22H30N8O2/c1-16(15-30-13-11-29(2)12-14-30)32-19-6-4-3-5-17(19)27-28-18-7-8-20(26-22(18)24)25-21(31)9-10-23/h3-8H,1,9-15,23H2,2H3,(H3,24,25,26,31). The van der Waals surface area contributed by atoms with Crippen molar-refractivity contribution in [2.75, 3.05) is 57.4 Å². The van der Waals surface area contributed by atoms with Crippen molar-refractivity contribution in [1.82, 2.24) is 14.8 Å². The number of amides is 1. The van der Waals surface area contributed by atoms with Crippen LogP contribution in [0.5, 0.6) is 5.75 Å². The molecule has 10 nitrogen and oxygen atoms in total. The van der Waals surface area contributed by atoms with Gasteiger partial charge in [0.1, 0.15) is 23.0 Å². The first-order valence-electron chi connectivity index (χ1n) is 10.5. The molecule has 0 radical (unpaired) electrons. The van der Waals surface area contributed by atoms with Crippen molar-refractivity contribution >= 4 is 28.9 Å². The van der Waals surface area contributed by atoms with Gasteiger partial charge in [0.05, 0.1) is 6.54 Å². The van der Waals surface area contributed by atoms with Crippen molar-refractivity contribution in [3.63, 3.8) is 0 Å². The van der Waals surface area contributed by atoms with Crippen molar-refractivity contribution in [1.29, 1.82) is 0 Å². The number of carbonyl (C=O) groups excluding carboxylic acids is 1. The second-order valence-corrected chi connectivity index (χ2v) is 7.58. The number of rotatable bonds is 9. The molecule has 1 aromatic heterocycles. The number of carbonyl (C=O) groups is 1. The van der Waals surface area contributed by atoms with Crippen LogP contribution in [0.4, 0.5) is 23.0 Å². The molecule has 0 spiro atoms. The lowest BCUT2D eigenvalue weighted by molar-refractivity contribution is -0.116. The van der Waals surface area contributed by atoms with Gasteiger partial charge in [0.2, 0.25) is 5.91 Å².